The van der Waals surface area contributed by atoms with E-state index in [-0.39, 0.29) is 6.54 Å². The fourth-order valence-electron chi connectivity index (χ4n) is 1.56. The van der Waals surface area contributed by atoms with E-state index in [0.717, 1.165) is 12.8 Å². The van der Waals surface area contributed by atoms with Gasteiger partial charge in [0.2, 0.25) is 0 Å². The molecule has 0 aromatic heterocycles. The number of amidine groups is 1. The van der Waals surface area contributed by atoms with E-state index in [9.17, 15) is 13.2 Å². The lowest BCUT2D eigenvalue weighted by molar-refractivity contribution is -0.159. The summed E-state index contributed by atoms with van der Waals surface area (Å²) in [4.78, 5) is 1.58. The summed E-state index contributed by atoms with van der Waals surface area (Å²) in [6.07, 6.45) is -2.33. The van der Waals surface area contributed by atoms with E-state index in [2.05, 4.69) is 5.16 Å². The molecule has 0 heterocycles. The monoisotopic (exact) mass is 239 g/mol. The predicted octanol–water partition coefficient (Wildman–Crippen LogP) is 1.25. The lowest BCUT2D eigenvalue weighted by Crippen LogP contribution is -2.43. The third kappa shape index (κ3) is 3.88. The van der Waals surface area contributed by atoms with Crippen molar-refractivity contribution in [2.45, 2.75) is 19.0 Å². The maximum atomic E-state index is 12.6. The third-order valence-corrected chi connectivity index (χ3v) is 2.63. The second-order valence-electron chi connectivity index (χ2n) is 4.28. The molecule has 0 saturated heterocycles. The van der Waals surface area contributed by atoms with Crippen molar-refractivity contribution in [3.05, 3.63) is 0 Å². The fraction of sp³-hybridized carbons (Fsp3) is 0.889. The summed E-state index contributed by atoms with van der Waals surface area (Å²) in [6, 6.07) is 0. The zero-order valence-corrected chi connectivity index (χ0v) is 9.04. The van der Waals surface area contributed by atoms with E-state index < -0.39 is 17.9 Å². The van der Waals surface area contributed by atoms with E-state index in [1.165, 1.54) is 0 Å². The van der Waals surface area contributed by atoms with Gasteiger partial charge in [-0.05, 0) is 25.8 Å². The normalized spacial score (nSPS) is 20.2. The van der Waals surface area contributed by atoms with Crippen LogP contribution in [0, 0.1) is 11.8 Å². The molecule has 1 fully saturated rings. The van der Waals surface area contributed by atoms with Crippen LogP contribution in [0.5, 0.6) is 0 Å². The van der Waals surface area contributed by atoms with Crippen LogP contribution < -0.4 is 5.73 Å². The number of halogens is 3. The summed E-state index contributed by atoms with van der Waals surface area (Å²) in [7, 11) is 1.61. The third-order valence-electron chi connectivity index (χ3n) is 2.63. The molecule has 7 heteroatoms. The van der Waals surface area contributed by atoms with Crippen LogP contribution in [-0.2, 0) is 0 Å². The van der Waals surface area contributed by atoms with E-state index in [4.69, 9.17) is 10.9 Å². The van der Waals surface area contributed by atoms with Gasteiger partial charge in [0.1, 0.15) is 5.92 Å². The van der Waals surface area contributed by atoms with Crippen molar-refractivity contribution in [1.82, 2.24) is 4.90 Å². The Labute approximate surface area is 91.9 Å². The van der Waals surface area contributed by atoms with Crippen LogP contribution in [0.25, 0.3) is 0 Å². The van der Waals surface area contributed by atoms with Gasteiger partial charge in [-0.15, -0.1) is 0 Å². The molecule has 0 aromatic carbocycles. The lowest BCUT2D eigenvalue weighted by Gasteiger charge is -2.24. The van der Waals surface area contributed by atoms with Gasteiger partial charge in [0.15, 0.2) is 5.84 Å². The topological polar surface area (TPSA) is 61.8 Å². The Morgan fingerprint density at radius 2 is 2.12 bits per heavy atom. The summed E-state index contributed by atoms with van der Waals surface area (Å²) in [5.74, 6) is -2.18. The lowest BCUT2D eigenvalue weighted by atomic mass is 10.1. The van der Waals surface area contributed by atoms with E-state index >= 15 is 0 Å². The molecule has 4 nitrogen and oxygen atoms in total. The largest absolute Gasteiger partial charge is 0.409 e. The summed E-state index contributed by atoms with van der Waals surface area (Å²) >= 11 is 0. The van der Waals surface area contributed by atoms with Crippen molar-refractivity contribution in [1.29, 1.82) is 0 Å². The van der Waals surface area contributed by atoms with Gasteiger partial charge in [-0.25, -0.2) is 0 Å². The van der Waals surface area contributed by atoms with Crippen molar-refractivity contribution in [3.63, 3.8) is 0 Å². The molecule has 1 saturated carbocycles. The highest BCUT2D eigenvalue weighted by Gasteiger charge is 2.43. The SMILES string of the molecule is CN(CC1CC1)CC(C(N)=NO)C(F)(F)F. The average molecular weight is 239 g/mol. The first-order valence-corrected chi connectivity index (χ1v) is 5.07. The Bertz CT molecular complexity index is 263. The Balaban J connectivity index is 2.55. The molecular weight excluding hydrogens is 223 g/mol. The molecule has 0 aliphatic heterocycles. The van der Waals surface area contributed by atoms with Crippen LogP contribution in [0.1, 0.15) is 12.8 Å². The van der Waals surface area contributed by atoms with Crippen molar-refractivity contribution < 1.29 is 18.4 Å². The second kappa shape index (κ2) is 4.90. The maximum Gasteiger partial charge on any atom is 0.400 e. The van der Waals surface area contributed by atoms with Crippen LogP contribution in [0.3, 0.4) is 0 Å². The first-order chi connectivity index (χ1) is 7.34. The number of hydrogen-bond acceptors (Lipinski definition) is 3. The molecule has 0 aromatic rings. The maximum absolute atomic E-state index is 12.6. The summed E-state index contributed by atoms with van der Waals surface area (Å²) in [5, 5.41) is 10.8. The number of nitrogens with two attached hydrogens (primary N) is 1. The van der Waals surface area contributed by atoms with Crippen LogP contribution in [0.4, 0.5) is 13.2 Å². The van der Waals surface area contributed by atoms with Crippen molar-refractivity contribution in [3.8, 4) is 0 Å². The van der Waals surface area contributed by atoms with Gasteiger partial charge < -0.3 is 15.8 Å². The van der Waals surface area contributed by atoms with Gasteiger partial charge in [-0.2, -0.15) is 13.2 Å². The molecule has 0 bridgehead atoms. The number of alkyl halides is 3. The van der Waals surface area contributed by atoms with Crippen LogP contribution in [0.2, 0.25) is 0 Å². The molecule has 1 atom stereocenters. The molecule has 94 valence electrons. The molecule has 0 spiro atoms. The highest BCUT2D eigenvalue weighted by molar-refractivity contribution is 5.83. The van der Waals surface area contributed by atoms with Gasteiger partial charge in [0.25, 0.3) is 0 Å². The number of nitrogens with zero attached hydrogens (tertiary/aromatic N) is 2. The minimum absolute atomic E-state index is 0.268. The van der Waals surface area contributed by atoms with Gasteiger partial charge in [0, 0.05) is 13.1 Å². The molecule has 16 heavy (non-hydrogen) atoms. The quantitative estimate of drug-likeness (QED) is 0.328. The van der Waals surface area contributed by atoms with Crippen molar-refractivity contribution in [2.75, 3.05) is 20.1 Å². The summed E-state index contributed by atoms with van der Waals surface area (Å²) in [5.41, 5.74) is 5.05. The van der Waals surface area contributed by atoms with E-state index in [0.29, 0.717) is 12.5 Å². The van der Waals surface area contributed by atoms with Crippen LogP contribution in [0.15, 0.2) is 5.16 Å². The summed E-state index contributed by atoms with van der Waals surface area (Å²) in [6.45, 7) is 0.362. The van der Waals surface area contributed by atoms with Gasteiger partial charge >= 0.3 is 6.18 Å². The molecule has 1 unspecified atom stereocenters. The molecular formula is C9H16F3N3O. The first kappa shape index (κ1) is 13.1. The molecule has 1 aliphatic carbocycles. The highest BCUT2D eigenvalue weighted by atomic mass is 19.4. The van der Waals surface area contributed by atoms with E-state index in [1.807, 2.05) is 0 Å². The standard InChI is InChI=1S/C9H16F3N3O/c1-15(4-6-2-3-6)5-7(8(13)14-16)9(10,11)12/h6-7,16H,2-5H2,1H3,(H2,13,14). The molecule has 0 amide bonds. The Kier molecular flexibility index (Phi) is 4.01. The Morgan fingerprint density at radius 1 is 1.56 bits per heavy atom. The van der Waals surface area contributed by atoms with Crippen LogP contribution >= 0.6 is 0 Å². The Hall–Kier alpha value is -0.980. The number of oxime groups is 1. The predicted molar refractivity (Wildman–Crippen MR) is 53.2 cm³/mol. The number of hydrogen-bond donors (Lipinski definition) is 2. The van der Waals surface area contributed by atoms with Crippen molar-refractivity contribution in [2.24, 2.45) is 22.7 Å². The van der Waals surface area contributed by atoms with Gasteiger partial charge in [-0.1, -0.05) is 5.16 Å². The average Bonchev–Trinajstić information content (AvgIpc) is 2.95. The minimum atomic E-state index is -4.48. The van der Waals surface area contributed by atoms with E-state index in [1.54, 1.807) is 11.9 Å². The van der Waals surface area contributed by atoms with Crippen LogP contribution in [-0.4, -0.2) is 42.3 Å². The van der Waals surface area contributed by atoms with Gasteiger partial charge in [-0.3, -0.25) is 0 Å². The van der Waals surface area contributed by atoms with Gasteiger partial charge in [0.05, 0.1) is 0 Å². The highest BCUT2D eigenvalue weighted by Crippen LogP contribution is 2.31. The Morgan fingerprint density at radius 3 is 2.50 bits per heavy atom. The minimum Gasteiger partial charge on any atom is -0.409 e. The summed E-state index contributed by atoms with van der Waals surface area (Å²) < 4.78 is 37.7. The zero-order valence-electron chi connectivity index (χ0n) is 9.04. The molecule has 1 aliphatic rings. The molecule has 1 rings (SSSR count). The first-order valence-electron chi connectivity index (χ1n) is 5.07. The molecule has 0 radical (unpaired) electrons. The number of rotatable bonds is 5. The fourth-order valence-corrected chi connectivity index (χ4v) is 1.56. The zero-order chi connectivity index (χ0) is 12.3. The van der Waals surface area contributed by atoms with Crippen molar-refractivity contribution >= 4 is 5.84 Å². The smallest absolute Gasteiger partial charge is 0.400 e. The second-order valence-corrected chi connectivity index (χ2v) is 4.28. The molecule has 3 N–H and O–H groups in total.